The number of imide groups is 1. The summed E-state index contributed by atoms with van der Waals surface area (Å²) in [5.74, 6) is -0.518. The lowest BCUT2D eigenvalue weighted by Crippen LogP contribution is -2.45. The Balaban J connectivity index is 2.20. The van der Waals surface area contributed by atoms with Crippen LogP contribution in [-0.4, -0.2) is 25.8 Å². The highest BCUT2D eigenvalue weighted by atomic mass is 32.2. The average Bonchev–Trinajstić information content (AvgIpc) is 2.74. The molecular formula is C18H26N2O4S. The lowest BCUT2D eigenvalue weighted by molar-refractivity contribution is -0.121. The van der Waals surface area contributed by atoms with E-state index in [9.17, 15) is 18.0 Å². The third-order valence-corrected chi connectivity index (χ3v) is 5.55. The second kappa shape index (κ2) is 6.53. The number of anilines is 1. The highest BCUT2D eigenvalue weighted by Gasteiger charge is 2.32. The molecule has 0 spiro atoms. The highest BCUT2D eigenvalue weighted by molar-refractivity contribution is 7.89. The van der Waals surface area contributed by atoms with E-state index < -0.39 is 15.6 Å². The molecule has 1 aromatic carbocycles. The number of benzene rings is 1. The number of hydrogen-bond donors (Lipinski definition) is 1. The molecule has 0 atom stereocenters. The molecule has 0 saturated carbocycles. The molecule has 0 radical (unpaired) electrons. The van der Waals surface area contributed by atoms with Gasteiger partial charge in [-0.15, -0.1) is 0 Å². The van der Waals surface area contributed by atoms with Crippen LogP contribution in [0.25, 0.3) is 0 Å². The van der Waals surface area contributed by atoms with Crippen LogP contribution < -0.4 is 9.62 Å². The molecule has 1 N–H and O–H groups in total. The Morgan fingerprint density at radius 1 is 0.960 bits per heavy atom. The molecule has 0 unspecified atom stereocenters. The van der Waals surface area contributed by atoms with E-state index in [0.717, 1.165) is 4.90 Å². The van der Waals surface area contributed by atoms with Gasteiger partial charge in [-0.3, -0.25) is 14.5 Å². The van der Waals surface area contributed by atoms with Crippen molar-refractivity contribution in [2.24, 2.45) is 5.41 Å². The maximum Gasteiger partial charge on any atom is 0.241 e. The fourth-order valence-electron chi connectivity index (χ4n) is 3.42. The normalized spacial score (nSPS) is 16.6. The van der Waals surface area contributed by atoms with Crippen molar-refractivity contribution in [1.82, 2.24) is 4.72 Å². The molecule has 1 fully saturated rings. The van der Waals surface area contributed by atoms with E-state index in [-0.39, 0.29) is 35.0 Å². The van der Waals surface area contributed by atoms with Crippen LogP contribution in [0.1, 0.15) is 53.9 Å². The molecule has 6 nitrogen and oxygen atoms in total. The van der Waals surface area contributed by atoms with Crippen molar-refractivity contribution >= 4 is 27.5 Å². The van der Waals surface area contributed by atoms with Crippen LogP contribution in [0.3, 0.4) is 0 Å². The summed E-state index contributed by atoms with van der Waals surface area (Å²) < 4.78 is 28.0. The molecule has 0 aliphatic carbocycles. The summed E-state index contributed by atoms with van der Waals surface area (Å²) in [7, 11) is -3.70. The Morgan fingerprint density at radius 3 is 1.88 bits per heavy atom. The van der Waals surface area contributed by atoms with Crippen molar-refractivity contribution in [2.75, 3.05) is 4.90 Å². The van der Waals surface area contributed by atoms with Gasteiger partial charge in [0.25, 0.3) is 0 Å². The summed E-state index contributed by atoms with van der Waals surface area (Å²) in [6.07, 6.45) is 1.07. The van der Waals surface area contributed by atoms with Crippen molar-refractivity contribution < 1.29 is 18.0 Å². The molecular weight excluding hydrogens is 340 g/mol. The third kappa shape index (κ3) is 4.89. The van der Waals surface area contributed by atoms with Gasteiger partial charge in [0.05, 0.1) is 10.6 Å². The van der Waals surface area contributed by atoms with Gasteiger partial charge in [0.1, 0.15) is 0 Å². The minimum absolute atomic E-state index is 0.0215. The monoisotopic (exact) mass is 366 g/mol. The SMILES string of the molecule is CC(C)(C)CC(C)(C)NS(=O)(=O)c1ccc(N2C(=O)CCC2=O)cc1. The van der Waals surface area contributed by atoms with E-state index in [1.807, 2.05) is 13.8 Å². The highest BCUT2D eigenvalue weighted by Crippen LogP contribution is 2.29. The Bertz CT molecular complexity index is 758. The van der Waals surface area contributed by atoms with Gasteiger partial charge in [0.2, 0.25) is 21.8 Å². The first kappa shape index (κ1) is 19.6. The van der Waals surface area contributed by atoms with Crippen molar-refractivity contribution in [3.63, 3.8) is 0 Å². The summed E-state index contributed by atoms with van der Waals surface area (Å²) >= 11 is 0. The molecule has 1 aliphatic rings. The van der Waals surface area contributed by atoms with E-state index in [1.54, 1.807) is 0 Å². The maximum atomic E-state index is 12.6. The first-order valence-electron chi connectivity index (χ1n) is 8.31. The number of rotatable bonds is 5. The molecule has 1 aromatic rings. The second-order valence-electron chi connectivity index (χ2n) is 8.34. The van der Waals surface area contributed by atoms with Crippen LogP contribution in [-0.2, 0) is 19.6 Å². The first-order chi connectivity index (χ1) is 11.3. The zero-order valence-corrected chi connectivity index (χ0v) is 16.2. The number of amides is 2. The third-order valence-electron chi connectivity index (χ3n) is 3.84. The molecule has 25 heavy (non-hydrogen) atoms. The minimum Gasteiger partial charge on any atom is -0.274 e. The Kier molecular flexibility index (Phi) is 5.12. The van der Waals surface area contributed by atoms with Gasteiger partial charge in [0.15, 0.2) is 0 Å². The second-order valence-corrected chi connectivity index (χ2v) is 10.0. The molecule has 1 aliphatic heterocycles. The summed E-state index contributed by atoms with van der Waals surface area (Å²) in [4.78, 5) is 24.7. The molecule has 0 bridgehead atoms. The van der Waals surface area contributed by atoms with E-state index in [1.165, 1.54) is 24.3 Å². The summed E-state index contributed by atoms with van der Waals surface area (Å²) in [6, 6.07) is 5.83. The molecule has 2 rings (SSSR count). The van der Waals surface area contributed by atoms with Gasteiger partial charge in [-0.05, 0) is 49.9 Å². The molecule has 1 saturated heterocycles. The number of carbonyl (C=O) groups excluding carboxylic acids is 2. The van der Waals surface area contributed by atoms with Crippen LogP contribution in [0.5, 0.6) is 0 Å². The first-order valence-corrected chi connectivity index (χ1v) is 9.79. The maximum absolute atomic E-state index is 12.6. The van der Waals surface area contributed by atoms with E-state index >= 15 is 0 Å². The van der Waals surface area contributed by atoms with Gasteiger partial charge >= 0.3 is 0 Å². The summed E-state index contributed by atoms with van der Waals surface area (Å²) in [5.41, 5.74) is -0.219. The number of carbonyl (C=O) groups is 2. The van der Waals surface area contributed by atoms with Gasteiger partial charge in [0, 0.05) is 18.4 Å². The largest absolute Gasteiger partial charge is 0.274 e. The zero-order valence-electron chi connectivity index (χ0n) is 15.4. The van der Waals surface area contributed by atoms with Crippen molar-refractivity contribution in [3.8, 4) is 0 Å². The van der Waals surface area contributed by atoms with Gasteiger partial charge in [-0.25, -0.2) is 13.1 Å². The van der Waals surface area contributed by atoms with Crippen molar-refractivity contribution in [1.29, 1.82) is 0 Å². The van der Waals surface area contributed by atoms with Crippen LogP contribution in [0.15, 0.2) is 29.2 Å². The van der Waals surface area contributed by atoms with Gasteiger partial charge < -0.3 is 0 Å². The number of hydrogen-bond acceptors (Lipinski definition) is 4. The van der Waals surface area contributed by atoms with Crippen LogP contribution >= 0.6 is 0 Å². The fourth-order valence-corrected chi connectivity index (χ4v) is 4.84. The van der Waals surface area contributed by atoms with E-state index in [0.29, 0.717) is 12.1 Å². The molecule has 1 heterocycles. The predicted molar refractivity (Wildman–Crippen MR) is 96.6 cm³/mol. The van der Waals surface area contributed by atoms with E-state index in [2.05, 4.69) is 25.5 Å². The van der Waals surface area contributed by atoms with Crippen LogP contribution in [0.4, 0.5) is 5.69 Å². The Labute approximate surface area is 149 Å². The van der Waals surface area contributed by atoms with E-state index in [4.69, 9.17) is 0 Å². The van der Waals surface area contributed by atoms with Gasteiger partial charge in [-0.2, -0.15) is 0 Å². The number of nitrogens with zero attached hydrogens (tertiary/aromatic N) is 1. The zero-order chi connectivity index (χ0) is 19.0. The summed E-state index contributed by atoms with van der Waals surface area (Å²) in [5, 5.41) is 0. The van der Waals surface area contributed by atoms with Crippen molar-refractivity contribution in [3.05, 3.63) is 24.3 Å². The predicted octanol–water partition coefficient (Wildman–Crippen LogP) is 2.83. The van der Waals surface area contributed by atoms with Crippen LogP contribution in [0, 0.1) is 5.41 Å². The van der Waals surface area contributed by atoms with Gasteiger partial charge in [-0.1, -0.05) is 20.8 Å². The average molecular weight is 366 g/mol. The topological polar surface area (TPSA) is 83.6 Å². The lowest BCUT2D eigenvalue weighted by atomic mass is 9.82. The summed E-state index contributed by atoms with van der Waals surface area (Å²) in [6.45, 7) is 9.88. The molecule has 7 heteroatoms. The van der Waals surface area contributed by atoms with Crippen LogP contribution in [0.2, 0.25) is 0 Å². The number of sulfonamides is 1. The lowest BCUT2D eigenvalue weighted by Gasteiger charge is -2.33. The number of nitrogens with one attached hydrogen (secondary N) is 1. The quantitative estimate of drug-likeness (QED) is 0.812. The van der Waals surface area contributed by atoms with Crippen molar-refractivity contribution in [2.45, 2.75) is 64.3 Å². The molecule has 0 aromatic heterocycles. The Hall–Kier alpha value is -1.73. The molecule has 138 valence electrons. The fraction of sp³-hybridized carbons (Fsp3) is 0.556. The standard InChI is InChI=1S/C18H26N2O4S/c1-17(2,3)12-18(4,5)19-25(23,24)14-8-6-13(7-9-14)20-15(21)10-11-16(20)22/h6-9,19H,10-12H2,1-5H3. The minimum atomic E-state index is -3.70. The Morgan fingerprint density at radius 2 is 1.44 bits per heavy atom. The smallest absolute Gasteiger partial charge is 0.241 e. The molecule has 2 amide bonds.